The van der Waals surface area contributed by atoms with Gasteiger partial charge in [-0.25, -0.2) is 4.39 Å². The van der Waals surface area contributed by atoms with Crippen LogP contribution in [-0.2, 0) is 0 Å². The van der Waals surface area contributed by atoms with E-state index < -0.39 is 5.82 Å². The molecule has 0 fully saturated rings. The van der Waals surface area contributed by atoms with E-state index in [9.17, 15) is 9.18 Å². The summed E-state index contributed by atoms with van der Waals surface area (Å²) in [4.78, 5) is 13.5. The van der Waals surface area contributed by atoms with Crippen LogP contribution in [0.3, 0.4) is 0 Å². The normalized spacial score (nSPS) is 9.68. The molecule has 0 saturated heterocycles. The third kappa shape index (κ3) is 4.38. The van der Waals surface area contributed by atoms with Gasteiger partial charge in [0, 0.05) is 25.6 Å². The van der Waals surface area contributed by atoms with Crippen molar-refractivity contribution in [3.05, 3.63) is 35.1 Å². The molecule has 0 radical (unpaired) electrons. The van der Waals surface area contributed by atoms with E-state index in [2.05, 4.69) is 11.8 Å². The number of hydrogen-bond acceptors (Lipinski definition) is 2. The lowest BCUT2D eigenvalue weighted by molar-refractivity contribution is 0.0790. The molecule has 3 nitrogen and oxygen atoms in total. The number of rotatable bonds is 4. The maximum absolute atomic E-state index is 13.7. The lowest BCUT2D eigenvalue weighted by Crippen LogP contribution is -2.28. The first-order valence-corrected chi connectivity index (χ1v) is 6.25. The van der Waals surface area contributed by atoms with Crippen molar-refractivity contribution >= 4 is 5.91 Å². The Morgan fingerprint density at radius 1 is 1.47 bits per heavy atom. The van der Waals surface area contributed by atoms with Crippen LogP contribution in [0.2, 0.25) is 0 Å². The maximum atomic E-state index is 13.7. The highest BCUT2D eigenvalue weighted by molar-refractivity contribution is 5.94. The van der Waals surface area contributed by atoms with Crippen LogP contribution < -0.4 is 0 Å². The molecule has 0 bridgehead atoms. The van der Waals surface area contributed by atoms with Gasteiger partial charge < -0.3 is 10.0 Å². The molecule has 102 valence electrons. The molecule has 0 unspecified atom stereocenters. The van der Waals surface area contributed by atoms with Crippen LogP contribution in [0.5, 0.6) is 0 Å². The van der Waals surface area contributed by atoms with Gasteiger partial charge in [0.05, 0.1) is 12.2 Å². The van der Waals surface area contributed by atoms with Gasteiger partial charge in [-0.05, 0) is 24.6 Å². The highest BCUT2D eigenvalue weighted by atomic mass is 19.1. The van der Waals surface area contributed by atoms with E-state index in [1.165, 1.54) is 23.1 Å². The Morgan fingerprint density at radius 3 is 2.84 bits per heavy atom. The molecule has 0 aliphatic heterocycles. The summed E-state index contributed by atoms with van der Waals surface area (Å²) in [5, 5.41) is 8.64. The Morgan fingerprint density at radius 2 is 2.21 bits per heavy atom. The molecule has 0 aliphatic carbocycles. The summed E-state index contributed by atoms with van der Waals surface area (Å²) >= 11 is 0. The van der Waals surface area contributed by atoms with Crippen molar-refractivity contribution in [3.8, 4) is 11.8 Å². The van der Waals surface area contributed by atoms with Gasteiger partial charge in [-0.1, -0.05) is 18.8 Å². The monoisotopic (exact) mass is 263 g/mol. The maximum Gasteiger partial charge on any atom is 0.256 e. The zero-order valence-electron chi connectivity index (χ0n) is 11.2. The number of halogens is 1. The smallest absolute Gasteiger partial charge is 0.256 e. The lowest BCUT2D eigenvalue weighted by Gasteiger charge is -2.16. The highest BCUT2D eigenvalue weighted by Gasteiger charge is 2.15. The lowest BCUT2D eigenvalue weighted by atomic mass is 10.1. The molecular formula is C15H18FNO2. The Bertz CT molecular complexity index is 503. The molecule has 0 atom stereocenters. The van der Waals surface area contributed by atoms with Crippen molar-refractivity contribution in [1.82, 2.24) is 4.90 Å². The predicted octanol–water partition coefficient (Wildman–Crippen LogP) is 2.04. The van der Waals surface area contributed by atoms with Crippen LogP contribution >= 0.6 is 0 Å². The number of aliphatic hydroxyl groups excluding tert-OH is 1. The number of nitrogens with zero attached hydrogens (tertiary/aromatic N) is 1. The van der Waals surface area contributed by atoms with Gasteiger partial charge in [0.1, 0.15) is 5.82 Å². The van der Waals surface area contributed by atoms with Gasteiger partial charge in [0.15, 0.2) is 0 Å². The Balaban J connectivity index is 2.98. The third-order valence-corrected chi connectivity index (χ3v) is 2.57. The number of benzene rings is 1. The molecule has 0 saturated carbocycles. The average molecular weight is 263 g/mol. The van der Waals surface area contributed by atoms with Gasteiger partial charge in [0.25, 0.3) is 5.91 Å². The van der Waals surface area contributed by atoms with Crippen molar-refractivity contribution in [2.75, 3.05) is 20.2 Å². The van der Waals surface area contributed by atoms with Crippen molar-refractivity contribution in [1.29, 1.82) is 0 Å². The molecule has 0 spiro atoms. The van der Waals surface area contributed by atoms with E-state index in [4.69, 9.17) is 5.11 Å². The minimum absolute atomic E-state index is 0.0147. The summed E-state index contributed by atoms with van der Waals surface area (Å²) in [6.45, 7) is 2.52. The Labute approximate surface area is 113 Å². The van der Waals surface area contributed by atoms with Gasteiger partial charge in [-0.3, -0.25) is 4.79 Å². The van der Waals surface area contributed by atoms with Gasteiger partial charge in [-0.15, -0.1) is 0 Å². The number of carbonyl (C=O) groups excluding carboxylic acids is 1. The van der Waals surface area contributed by atoms with E-state index in [-0.39, 0.29) is 18.1 Å². The molecular weight excluding hydrogens is 245 g/mol. The van der Waals surface area contributed by atoms with E-state index >= 15 is 0 Å². The standard InChI is InChI=1S/C15H18FNO2/c1-3-9-17(2)15(19)13-11-12(6-4-5-10-18)7-8-14(13)16/h7-8,11,18H,3,5,9-10H2,1-2H3. The topological polar surface area (TPSA) is 40.5 Å². The predicted molar refractivity (Wildman–Crippen MR) is 72.2 cm³/mol. The SMILES string of the molecule is CCCN(C)C(=O)c1cc(C#CCCO)ccc1F. The second-order valence-corrected chi connectivity index (χ2v) is 4.20. The van der Waals surface area contributed by atoms with Crippen LogP contribution in [0.25, 0.3) is 0 Å². The van der Waals surface area contributed by atoms with Crippen LogP contribution in [0, 0.1) is 17.7 Å². The minimum Gasteiger partial charge on any atom is -0.395 e. The Hall–Kier alpha value is -1.86. The molecule has 4 heteroatoms. The highest BCUT2D eigenvalue weighted by Crippen LogP contribution is 2.12. The van der Waals surface area contributed by atoms with Crippen LogP contribution in [-0.4, -0.2) is 36.1 Å². The molecule has 1 N–H and O–H groups in total. The second-order valence-electron chi connectivity index (χ2n) is 4.20. The molecule has 0 heterocycles. The molecule has 19 heavy (non-hydrogen) atoms. The molecule has 1 amide bonds. The van der Waals surface area contributed by atoms with Crippen molar-refractivity contribution in [3.63, 3.8) is 0 Å². The average Bonchev–Trinajstić information content (AvgIpc) is 2.40. The number of carbonyl (C=O) groups is 1. The van der Waals surface area contributed by atoms with Gasteiger partial charge in [0.2, 0.25) is 0 Å². The van der Waals surface area contributed by atoms with E-state index in [0.717, 1.165) is 6.42 Å². The van der Waals surface area contributed by atoms with E-state index in [1.54, 1.807) is 7.05 Å². The first-order valence-electron chi connectivity index (χ1n) is 6.25. The van der Waals surface area contributed by atoms with Crippen molar-refractivity contribution in [2.45, 2.75) is 19.8 Å². The van der Waals surface area contributed by atoms with Crippen LogP contribution in [0.4, 0.5) is 4.39 Å². The number of hydrogen-bond donors (Lipinski definition) is 1. The molecule has 0 aliphatic rings. The first-order chi connectivity index (χ1) is 9.10. The fourth-order valence-electron chi connectivity index (χ4n) is 1.63. The molecule has 1 rings (SSSR count). The summed E-state index contributed by atoms with van der Waals surface area (Å²) in [5.41, 5.74) is 0.606. The number of amides is 1. The molecule has 0 aromatic heterocycles. The summed E-state index contributed by atoms with van der Waals surface area (Å²) in [7, 11) is 1.65. The quantitative estimate of drug-likeness (QED) is 0.845. The first kappa shape index (κ1) is 15.2. The Kier molecular flexibility index (Phi) is 6.04. The fraction of sp³-hybridized carbons (Fsp3) is 0.400. The molecule has 1 aromatic rings. The van der Waals surface area contributed by atoms with E-state index in [0.29, 0.717) is 18.5 Å². The largest absolute Gasteiger partial charge is 0.395 e. The summed E-state index contributed by atoms with van der Waals surface area (Å²) in [6.07, 6.45) is 1.18. The summed E-state index contributed by atoms with van der Waals surface area (Å²) in [6, 6.07) is 4.22. The van der Waals surface area contributed by atoms with Gasteiger partial charge >= 0.3 is 0 Å². The van der Waals surface area contributed by atoms with Gasteiger partial charge in [-0.2, -0.15) is 0 Å². The van der Waals surface area contributed by atoms with Crippen LogP contribution in [0.1, 0.15) is 35.7 Å². The zero-order valence-corrected chi connectivity index (χ0v) is 11.2. The fourth-order valence-corrected chi connectivity index (χ4v) is 1.63. The van der Waals surface area contributed by atoms with Crippen molar-refractivity contribution in [2.24, 2.45) is 0 Å². The second kappa shape index (κ2) is 7.55. The summed E-state index contributed by atoms with van der Waals surface area (Å²) in [5.74, 6) is 4.65. The summed E-state index contributed by atoms with van der Waals surface area (Å²) < 4.78 is 13.7. The number of aliphatic hydroxyl groups is 1. The van der Waals surface area contributed by atoms with Crippen LogP contribution in [0.15, 0.2) is 18.2 Å². The molecule has 1 aromatic carbocycles. The minimum atomic E-state index is -0.541. The van der Waals surface area contributed by atoms with E-state index in [1.807, 2.05) is 6.92 Å². The third-order valence-electron chi connectivity index (χ3n) is 2.57. The zero-order chi connectivity index (χ0) is 14.3. The van der Waals surface area contributed by atoms with Crippen molar-refractivity contribution < 1.29 is 14.3 Å².